The molecule has 0 saturated carbocycles. The fraction of sp³-hybridized carbons (Fsp3) is 0.412. The van der Waals surface area contributed by atoms with E-state index in [4.69, 9.17) is 0 Å². The molecule has 2 aromatic rings. The lowest BCUT2D eigenvalue weighted by Gasteiger charge is -2.15. The van der Waals surface area contributed by atoms with Gasteiger partial charge in [-0.25, -0.2) is 4.68 Å². The van der Waals surface area contributed by atoms with Crippen molar-refractivity contribution in [1.82, 2.24) is 20.3 Å². The molecule has 1 atom stereocenters. The molecule has 1 aromatic carbocycles. The molecule has 0 aliphatic rings. The Morgan fingerprint density at radius 3 is 2.57 bits per heavy atom. The highest BCUT2D eigenvalue weighted by Crippen LogP contribution is 2.06. The smallest absolute Gasteiger partial charge is 0.220 e. The van der Waals surface area contributed by atoms with E-state index < -0.39 is 6.04 Å². The van der Waals surface area contributed by atoms with Crippen molar-refractivity contribution >= 4 is 11.7 Å². The highest BCUT2D eigenvalue weighted by atomic mass is 16.2. The number of nitrogens with zero attached hydrogens (tertiary/aromatic N) is 3. The molecule has 0 aliphatic heterocycles. The lowest BCUT2D eigenvalue weighted by Crippen LogP contribution is -2.41. The minimum atomic E-state index is -0.533. The number of carbonyl (C=O) groups is 2. The molecule has 122 valence electrons. The summed E-state index contributed by atoms with van der Waals surface area (Å²) in [5.74, 6) is -0.127. The third-order valence-corrected chi connectivity index (χ3v) is 3.58. The van der Waals surface area contributed by atoms with Crippen LogP contribution in [0.2, 0.25) is 0 Å². The van der Waals surface area contributed by atoms with E-state index in [1.54, 1.807) is 18.5 Å². The quantitative estimate of drug-likeness (QED) is 0.805. The van der Waals surface area contributed by atoms with E-state index in [9.17, 15) is 9.59 Å². The molecular formula is C17H22N4O2. The Labute approximate surface area is 135 Å². The number of benzene rings is 1. The van der Waals surface area contributed by atoms with E-state index in [1.807, 2.05) is 36.5 Å². The molecule has 0 aliphatic carbocycles. The molecule has 23 heavy (non-hydrogen) atoms. The Kier molecular flexibility index (Phi) is 6.02. The van der Waals surface area contributed by atoms with Crippen LogP contribution in [0, 0.1) is 0 Å². The van der Waals surface area contributed by atoms with Gasteiger partial charge in [-0.05, 0) is 5.56 Å². The van der Waals surface area contributed by atoms with E-state index in [2.05, 4.69) is 15.6 Å². The summed E-state index contributed by atoms with van der Waals surface area (Å²) < 4.78 is 1.74. The predicted molar refractivity (Wildman–Crippen MR) is 86.8 cm³/mol. The van der Waals surface area contributed by atoms with Crippen molar-refractivity contribution in [3.63, 3.8) is 0 Å². The number of hydrogen-bond donors (Lipinski definition) is 1. The minimum Gasteiger partial charge on any atom is -0.346 e. The summed E-state index contributed by atoms with van der Waals surface area (Å²) in [5.41, 5.74) is 1.83. The Balaban J connectivity index is 2.03. The fourth-order valence-corrected chi connectivity index (χ4v) is 2.28. The monoisotopic (exact) mass is 314 g/mol. The normalized spacial score (nSPS) is 11.9. The van der Waals surface area contributed by atoms with Gasteiger partial charge in [-0.2, -0.15) is 0 Å². The topological polar surface area (TPSA) is 76.9 Å². The first-order valence-corrected chi connectivity index (χ1v) is 7.87. The zero-order valence-corrected chi connectivity index (χ0v) is 13.5. The van der Waals surface area contributed by atoms with Gasteiger partial charge in [0.2, 0.25) is 5.91 Å². The van der Waals surface area contributed by atoms with Crippen LogP contribution < -0.4 is 5.32 Å². The average molecular weight is 314 g/mol. The van der Waals surface area contributed by atoms with Crippen molar-refractivity contribution in [2.75, 3.05) is 0 Å². The molecule has 1 unspecified atom stereocenters. The summed E-state index contributed by atoms with van der Waals surface area (Å²) >= 11 is 0. The second-order valence-corrected chi connectivity index (χ2v) is 5.39. The van der Waals surface area contributed by atoms with Crippen LogP contribution >= 0.6 is 0 Å². The highest BCUT2D eigenvalue weighted by Gasteiger charge is 2.20. The van der Waals surface area contributed by atoms with Crippen molar-refractivity contribution in [3.8, 4) is 0 Å². The van der Waals surface area contributed by atoms with Crippen LogP contribution in [-0.2, 0) is 22.6 Å². The van der Waals surface area contributed by atoms with Crippen molar-refractivity contribution in [2.24, 2.45) is 0 Å². The second kappa shape index (κ2) is 8.22. The van der Waals surface area contributed by atoms with Crippen LogP contribution in [0.1, 0.15) is 37.9 Å². The van der Waals surface area contributed by atoms with Crippen LogP contribution in [0.15, 0.2) is 36.5 Å². The molecule has 1 heterocycles. The van der Waals surface area contributed by atoms with Crippen molar-refractivity contribution in [1.29, 1.82) is 0 Å². The van der Waals surface area contributed by atoms with Crippen LogP contribution in [0.3, 0.4) is 0 Å². The Morgan fingerprint density at radius 1 is 1.17 bits per heavy atom. The molecular weight excluding hydrogens is 292 g/mol. The molecule has 6 heteroatoms. The number of rotatable bonds is 8. The van der Waals surface area contributed by atoms with Gasteiger partial charge in [0.15, 0.2) is 5.78 Å². The fourth-order valence-electron chi connectivity index (χ4n) is 2.28. The molecule has 0 saturated heterocycles. The van der Waals surface area contributed by atoms with E-state index in [-0.39, 0.29) is 11.7 Å². The summed E-state index contributed by atoms with van der Waals surface area (Å²) in [6.07, 6.45) is 2.93. The number of amides is 1. The molecule has 6 nitrogen and oxygen atoms in total. The first-order chi connectivity index (χ1) is 11.1. The summed E-state index contributed by atoms with van der Waals surface area (Å²) in [7, 11) is 0. The second-order valence-electron chi connectivity index (χ2n) is 5.39. The summed E-state index contributed by atoms with van der Waals surface area (Å²) in [5, 5.41) is 11.0. The first-order valence-electron chi connectivity index (χ1n) is 7.87. The van der Waals surface area contributed by atoms with Gasteiger partial charge in [0.05, 0.1) is 18.3 Å². The van der Waals surface area contributed by atoms with E-state index in [0.29, 0.717) is 31.5 Å². The number of ketones is 1. The number of Topliss-reactive ketones (excluding diaryl/α,β-unsaturated/α-hetero) is 1. The first kappa shape index (κ1) is 16.9. The summed E-state index contributed by atoms with van der Waals surface area (Å²) in [6.45, 7) is 4.18. The van der Waals surface area contributed by atoms with Crippen molar-refractivity contribution < 1.29 is 9.59 Å². The molecule has 0 spiro atoms. The maximum atomic E-state index is 12.0. The van der Waals surface area contributed by atoms with Crippen molar-refractivity contribution in [2.45, 2.75) is 45.7 Å². The molecule has 1 amide bonds. The summed E-state index contributed by atoms with van der Waals surface area (Å²) in [4.78, 5) is 23.6. The molecule has 0 fully saturated rings. The lowest BCUT2D eigenvalue weighted by atomic mass is 10.1. The molecule has 1 N–H and O–H groups in total. The van der Waals surface area contributed by atoms with Gasteiger partial charge in [-0.15, -0.1) is 5.10 Å². The van der Waals surface area contributed by atoms with Crippen molar-refractivity contribution in [3.05, 3.63) is 47.8 Å². The van der Waals surface area contributed by atoms with Gasteiger partial charge in [0, 0.05) is 25.5 Å². The maximum Gasteiger partial charge on any atom is 0.220 e. The zero-order valence-electron chi connectivity index (χ0n) is 13.5. The van der Waals surface area contributed by atoms with Gasteiger partial charge in [0.25, 0.3) is 0 Å². The Hall–Kier alpha value is -2.50. The molecule has 1 aromatic heterocycles. The predicted octanol–water partition coefficient (Wildman–Crippen LogP) is 1.74. The van der Waals surface area contributed by atoms with Crippen LogP contribution in [0.25, 0.3) is 0 Å². The van der Waals surface area contributed by atoms with Gasteiger partial charge < -0.3 is 5.32 Å². The van der Waals surface area contributed by atoms with E-state index >= 15 is 0 Å². The maximum absolute atomic E-state index is 12.0. The van der Waals surface area contributed by atoms with E-state index in [0.717, 1.165) is 5.56 Å². The number of hydrogen-bond acceptors (Lipinski definition) is 4. The third kappa shape index (κ3) is 5.02. The standard InChI is InChI=1S/C17H22N4O2/c1-3-16(22)15(18-17(23)4-2)10-14-12-21(20-19-14)11-13-8-6-5-7-9-13/h5-9,12,15H,3-4,10-11H2,1-2H3,(H,18,23). The lowest BCUT2D eigenvalue weighted by molar-refractivity contribution is -0.127. The largest absolute Gasteiger partial charge is 0.346 e. The number of carbonyl (C=O) groups excluding carboxylic acids is 2. The summed E-state index contributed by atoms with van der Waals surface area (Å²) in [6, 6.07) is 9.42. The molecule has 0 bridgehead atoms. The van der Waals surface area contributed by atoms with Gasteiger partial charge >= 0.3 is 0 Å². The van der Waals surface area contributed by atoms with Crippen LogP contribution in [0.4, 0.5) is 0 Å². The van der Waals surface area contributed by atoms with Crippen LogP contribution in [-0.4, -0.2) is 32.7 Å². The average Bonchev–Trinajstić information content (AvgIpc) is 3.01. The minimum absolute atomic E-state index is 0.00408. The molecule has 2 rings (SSSR count). The number of nitrogens with one attached hydrogen (secondary N) is 1. The number of aromatic nitrogens is 3. The van der Waals surface area contributed by atoms with Crippen LogP contribution in [0.5, 0.6) is 0 Å². The zero-order chi connectivity index (χ0) is 16.7. The Bertz CT molecular complexity index is 652. The SMILES string of the molecule is CCC(=O)NC(Cc1cn(Cc2ccccc2)nn1)C(=O)CC. The third-order valence-electron chi connectivity index (χ3n) is 3.58. The van der Waals surface area contributed by atoms with Gasteiger partial charge in [-0.1, -0.05) is 49.4 Å². The van der Waals surface area contributed by atoms with E-state index in [1.165, 1.54) is 0 Å². The van der Waals surface area contributed by atoms with Gasteiger partial charge in [0.1, 0.15) is 0 Å². The highest BCUT2D eigenvalue weighted by molar-refractivity contribution is 5.88. The van der Waals surface area contributed by atoms with Gasteiger partial charge in [-0.3, -0.25) is 9.59 Å². The Morgan fingerprint density at radius 2 is 1.91 bits per heavy atom. The molecule has 0 radical (unpaired) electrons.